The number of aromatic nitrogens is 4. The van der Waals surface area contributed by atoms with Gasteiger partial charge in [0, 0.05) is 5.69 Å². The monoisotopic (exact) mass is 269 g/mol. The fourth-order valence-corrected chi connectivity index (χ4v) is 1.84. The number of nitrogens with one attached hydrogen (secondary N) is 2. The van der Waals surface area contributed by atoms with Crippen molar-refractivity contribution in [3.05, 3.63) is 42.4 Å². The highest BCUT2D eigenvalue weighted by atomic mass is 16.5. The van der Waals surface area contributed by atoms with Crippen LogP contribution in [-0.4, -0.2) is 33.2 Å². The Morgan fingerprint density at radius 3 is 3.10 bits per heavy atom. The van der Waals surface area contributed by atoms with Crippen LogP contribution in [0.25, 0.3) is 11.0 Å². The summed E-state index contributed by atoms with van der Waals surface area (Å²) in [6, 6.07) is 6.98. The van der Waals surface area contributed by atoms with Gasteiger partial charge < -0.3 is 10.1 Å². The van der Waals surface area contributed by atoms with Crippen molar-refractivity contribution in [1.29, 1.82) is 0 Å². The molecule has 7 heteroatoms. The van der Waals surface area contributed by atoms with Gasteiger partial charge in [-0.3, -0.25) is 5.10 Å². The number of hydrogen-bond donors (Lipinski definition) is 2. The van der Waals surface area contributed by atoms with Crippen molar-refractivity contribution in [3.8, 4) is 0 Å². The van der Waals surface area contributed by atoms with Crippen LogP contribution in [0.15, 0.2) is 36.8 Å². The van der Waals surface area contributed by atoms with Gasteiger partial charge in [0.15, 0.2) is 5.65 Å². The van der Waals surface area contributed by atoms with Crippen LogP contribution in [0, 0.1) is 0 Å². The molecule has 2 heterocycles. The summed E-state index contributed by atoms with van der Waals surface area (Å²) in [4.78, 5) is 19.7. The first-order valence-electron chi connectivity index (χ1n) is 5.87. The number of H-pyrrole nitrogens is 1. The number of carbonyl (C=O) groups is 1. The molecule has 2 aromatic heterocycles. The summed E-state index contributed by atoms with van der Waals surface area (Å²) in [6.07, 6.45) is 3.08. The van der Waals surface area contributed by atoms with E-state index in [2.05, 4.69) is 25.5 Å². The molecule has 0 atom stereocenters. The number of rotatable bonds is 3. The van der Waals surface area contributed by atoms with E-state index in [1.54, 1.807) is 24.4 Å². The molecule has 100 valence electrons. The molecule has 0 aliphatic heterocycles. The quantitative estimate of drug-likeness (QED) is 0.705. The number of hydrogen-bond acceptors (Lipinski definition) is 6. The maximum Gasteiger partial charge on any atom is 0.337 e. The molecule has 3 rings (SSSR count). The second-order valence-corrected chi connectivity index (χ2v) is 4.05. The van der Waals surface area contributed by atoms with Crippen molar-refractivity contribution in [2.75, 3.05) is 12.4 Å². The molecule has 0 unspecified atom stereocenters. The first-order valence-corrected chi connectivity index (χ1v) is 5.87. The van der Waals surface area contributed by atoms with E-state index in [9.17, 15) is 4.79 Å². The van der Waals surface area contributed by atoms with E-state index in [1.165, 1.54) is 13.4 Å². The van der Waals surface area contributed by atoms with Gasteiger partial charge in [0.05, 0.1) is 24.3 Å². The molecule has 0 fully saturated rings. The maximum absolute atomic E-state index is 11.5. The number of nitrogens with zero attached hydrogens (tertiary/aromatic N) is 3. The van der Waals surface area contributed by atoms with E-state index < -0.39 is 0 Å². The minimum absolute atomic E-state index is 0.384. The van der Waals surface area contributed by atoms with Gasteiger partial charge in [0.2, 0.25) is 0 Å². The number of fused-ring (bicyclic) bond motifs is 1. The molecule has 0 radical (unpaired) electrons. The molecule has 0 amide bonds. The number of anilines is 2. The van der Waals surface area contributed by atoms with E-state index in [4.69, 9.17) is 4.74 Å². The molecular formula is C13H11N5O2. The highest BCUT2D eigenvalue weighted by Gasteiger charge is 2.08. The summed E-state index contributed by atoms with van der Waals surface area (Å²) in [5.41, 5.74) is 1.84. The van der Waals surface area contributed by atoms with Gasteiger partial charge in [0.25, 0.3) is 0 Å². The van der Waals surface area contributed by atoms with Crippen LogP contribution in [0.4, 0.5) is 11.5 Å². The predicted molar refractivity (Wildman–Crippen MR) is 72.7 cm³/mol. The lowest BCUT2D eigenvalue weighted by Crippen LogP contribution is -2.02. The number of carbonyl (C=O) groups excluding carboxylic acids is 1. The summed E-state index contributed by atoms with van der Waals surface area (Å²) in [7, 11) is 1.35. The third-order valence-electron chi connectivity index (χ3n) is 2.79. The largest absolute Gasteiger partial charge is 0.465 e. The summed E-state index contributed by atoms with van der Waals surface area (Å²) in [5.74, 6) is 0.232. The van der Waals surface area contributed by atoms with Crippen molar-refractivity contribution in [3.63, 3.8) is 0 Å². The normalized spacial score (nSPS) is 10.4. The van der Waals surface area contributed by atoms with Crippen molar-refractivity contribution in [2.24, 2.45) is 0 Å². The number of esters is 1. The number of aromatic amines is 1. The summed E-state index contributed by atoms with van der Waals surface area (Å²) >= 11 is 0. The highest BCUT2D eigenvalue weighted by Crippen LogP contribution is 2.21. The average molecular weight is 269 g/mol. The molecule has 0 aliphatic rings. The first-order chi connectivity index (χ1) is 9.78. The van der Waals surface area contributed by atoms with Gasteiger partial charge in [-0.05, 0) is 18.2 Å². The van der Waals surface area contributed by atoms with E-state index in [0.717, 1.165) is 11.1 Å². The van der Waals surface area contributed by atoms with E-state index in [0.29, 0.717) is 17.0 Å². The Kier molecular flexibility index (Phi) is 3.00. The zero-order valence-electron chi connectivity index (χ0n) is 10.6. The number of ether oxygens (including phenoxy) is 1. The second kappa shape index (κ2) is 4.96. The Morgan fingerprint density at radius 2 is 2.25 bits per heavy atom. The molecule has 7 nitrogen and oxygen atoms in total. The molecule has 0 saturated carbocycles. The summed E-state index contributed by atoms with van der Waals surface area (Å²) < 4.78 is 4.69. The van der Waals surface area contributed by atoms with Crippen molar-refractivity contribution in [2.45, 2.75) is 0 Å². The number of benzene rings is 1. The zero-order valence-corrected chi connectivity index (χ0v) is 10.6. The Labute approximate surface area is 114 Å². The van der Waals surface area contributed by atoms with Gasteiger partial charge >= 0.3 is 5.97 Å². The molecule has 20 heavy (non-hydrogen) atoms. The fraction of sp³-hybridized carbons (Fsp3) is 0.0769. The smallest absolute Gasteiger partial charge is 0.337 e. The minimum atomic E-state index is -0.384. The molecule has 1 aromatic carbocycles. The molecule has 3 aromatic rings. The minimum Gasteiger partial charge on any atom is -0.465 e. The zero-order chi connectivity index (χ0) is 13.9. The lowest BCUT2D eigenvalue weighted by atomic mass is 10.2. The van der Waals surface area contributed by atoms with Crippen LogP contribution < -0.4 is 5.32 Å². The van der Waals surface area contributed by atoms with Crippen LogP contribution >= 0.6 is 0 Å². The SMILES string of the molecule is COC(=O)c1cccc(Nc2ncnc3[nH]ncc23)c1. The van der Waals surface area contributed by atoms with Gasteiger partial charge in [-0.2, -0.15) is 5.10 Å². The Morgan fingerprint density at radius 1 is 1.35 bits per heavy atom. The summed E-state index contributed by atoms with van der Waals surface area (Å²) in [5, 5.41) is 10.6. The van der Waals surface area contributed by atoms with Crippen molar-refractivity contribution in [1.82, 2.24) is 20.2 Å². The second-order valence-electron chi connectivity index (χ2n) is 4.05. The standard InChI is InChI=1S/C13H11N5O2/c1-20-13(19)8-3-2-4-9(5-8)17-11-10-6-16-18-12(10)15-7-14-11/h2-7H,1H3,(H2,14,15,16,17,18). The van der Waals surface area contributed by atoms with Crippen LogP contribution in [0.5, 0.6) is 0 Å². The lowest BCUT2D eigenvalue weighted by molar-refractivity contribution is 0.0601. The van der Waals surface area contributed by atoms with Crippen LogP contribution in [0.1, 0.15) is 10.4 Å². The third-order valence-corrected chi connectivity index (χ3v) is 2.79. The Hall–Kier alpha value is -2.96. The van der Waals surface area contributed by atoms with Crippen LogP contribution in [-0.2, 0) is 4.74 Å². The molecule has 0 aliphatic carbocycles. The molecular weight excluding hydrogens is 258 g/mol. The van der Waals surface area contributed by atoms with E-state index >= 15 is 0 Å². The predicted octanol–water partition coefficient (Wildman–Crippen LogP) is 1.88. The average Bonchev–Trinajstić information content (AvgIpc) is 2.96. The van der Waals surface area contributed by atoms with Crippen LogP contribution in [0.2, 0.25) is 0 Å². The van der Waals surface area contributed by atoms with Crippen molar-refractivity contribution < 1.29 is 9.53 Å². The summed E-state index contributed by atoms with van der Waals surface area (Å²) in [6.45, 7) is 0. The van der Waals surface area contributed by atoms with Gasteiger partial charge in [0.1, 0.15) is 12.1 Å². The van der Waals surface area contributed by atoms with Crippen LogP contribution in [0.3, 0.4) is 0 Å². The highest BCUT2D eigenvalue weighted by molar-refractivity contribution is 5.92. The molecule has 0 saturated heterocycles. The van der Waals surface area contributed by atoms with Gasteiger partial charge in [-0.25, -0.2) is 14.8 Å². The molecule has 0 spiro atoms. The first kappa shape index (κ1) is 12.1. The van der Waals surface area contributed by atoms with Gasteiger partial charge in [-0.1, -0.05) is 6.07 Å². The van der Waals surface area contributed by atoms with E-state index in [-0.39, 0.29) is 5.97 Å². The third kappa shape index (κ3) is 2.16. The molecule has 0 bridgehead atoms. The topological polar surface area (TPSA) is 92.8 Å². The van der Waals surface area contributed by atoms with Crippen molar-refractivity contribution >= 4 is 28.5 Å². The van der Waals surface area contributed by atoms with Gasteiger partial charge in [-0.15, -0.1) is 0 Å². The molecule has 2 N–H and O–H groups in total. The number of methoxy groups -OCH3 is 1. The fourth-order valence-electron chi connectivity index (χ4n) is 1.84. The van der Waals surface area contributed by atoms with E-state index in [1.807, 2.05) is 6.07 Å². The Bertz CT molecular complexity index is 768. The lowest BCUT2D eigenvalue weighted by Gasteiger charge is -2.07. The maximum atomic E-state index is 11.5. The Balaban J connectivity index is 1.95.